The van der Waals surface area contributed by atoms with Crippen molar-refractivity contribution in [2.45, 2.75) is 31.5 Å². The van der Waals surface area contributed by atoms with Gasteiger partial charge >= 0.3 is 0 Å². The van der Waals surface area contributed by atoms with Crippen LogP contribution in [-0.4, -0.2) is 71.8 Å². The molecule has 1 aromatic carbocycles. The molecule has 1 aliphatic heterocycles. The van der Waals surface area contributed by atoms with Crippen LogP contribution in [0.5, 0.6) is 5.75 Å². The van der Waals surface area contributed by atoms with Gasteiger partial charge in [0.25, 0.3) is 5.91 Å². The van der Waals surface area contributed by atoms with Crippen molar-refractivity contribution >= 4 is 23.2 Å². The number of amides is 1. The van der Waals surface area contributed by atoms with Crippen molar-refractivity contribution in [3.63, 3.8) is 0 Å². The van der Waals surface area contributed by atoms with Gasteiger partial charge < -0.3 is 25.4 Å². The number of carbonyl (C=O) groups is 1. The third-order valence-corrected chi connectivity index (χ3v) is 5.49. The fourth-order valence-corrected chi connectivity index (χ4v) is 3.72. The Morgan fingerprint density at radius 3 is 2.90 bits per heavy atom. The summed E-state index contributed by atoms with van der Waals surface area (Å²) >= 11 is 6.09. The lowest BCUT2D eigenvalue weighted by Gasteiger charge is -2.38. The normalized spacial score (nSPS) is 19.8. The number of nitrogen functional groups attached to an aromatic ring is 1. The number of nitrogens with zero attached hydrogens (tertiary/aromatic N) is 4. The highest BCUT2D eigenvalue weighted by Crippen LogP contribution is 2.29. The molecule has 2 atom stereocenters. The van der Waals surface area contributed by atoms with Crippen LogP contribution in [0.25, 0.3) is 0 Å². The number of hydrogen-bond acceptors (Lipinski definition) is 7. The summed E-state index contributed by atoms with van der Waals surface area (Å²) in [6.07, 6.45) is 5.20. The van der Waals surface area contributed by atoms with Gasteiger partial charge in [0.1, 0.15) is 5.75 Å². The van der Waals surface area contributed by atoms with Crippen molar-refractivity contribution in [1.82, 2.24) is 25.2 Å². The molecule has 1 aliphatic rings. The van der Waals surface area contributed by atoms with Crippen LogP contribution in [0.4, 0.5) is 5.69 Å². The molecule has 1 saturated heterocycles. The van der Waals surface area contributed by atoms with Gasteiger partial charge in [0.2, 0.25) is 0 Å². The van der Waals surface area contributed by atoms with Crippen LogP contribution < -0.4 is 15.8 Å². The van der Waals surface area contributed by atoms with E-state index in [2.05, 4.69) is 20.5 Å². The second kappa shape index (κ2) is 9.91. The molecule has 3 N–H and O–H groups in total. The van der Waals surface area contributed by atoms with E-state index in [1.54, 1.807) is 19.4 Å². The number of ether oxygens (including phenoxy) is 2. The summed E-state index contributed by atoms with van der Waals surface area (Å²) in [6.45, 7) is 3.38. The largest absolute Gasteiger partial charge is 0.496 e. The molecule has 3 rings (SSSR count). The Hall–Kier alpha value is -2.36. The standard InChI is InChI=1S/C19H27ClN6O3/c1-28-17-11-15(21)14(20)10-13(17)19(27)23-16-4-8-25(12-18(16)29-2)6-3-7-26-9-5-22-24-26/h5,9-11,16,18H,3-4,6-8,12,21H2,1-2H3,(H,23,27)/t16-,18+/m0/s1. The van der Waals surface area contributed by atoms with Crippen molar-refractivity contribution in [3.8, 4) is 5.75 Å². The number of nitrogens with two attached hydrogens (primary N) is 1. The highest BCUT2D eigenvalue weighted by molar-refractivity contribution is 6.33. The summed E-state index contributed by atoms with van der Waals surface area (Å²) in [7, 11) is 3.17. The van der Waals surface area contributed by atoms with Gasteiger partial charge in [-0.1, -0.05) is 16.8 Å². The summed E-state index contributed by atoms with van der Waals surface area (Å²) < 4.78 is 12.8. The van der Waals surface area contributed by atoms with E-state index in [4.69, 9.17) is 26.8 Å². The maximum atomic E-state index is 12.8. The number of aromatic nitrogens is 3. The van der Waals surface area contributed by atoms with Crippen LogP contribution in [0.15, 0.2) is 24.5 Å². The Kier molecular flexibility index (Phi) is 7.29. The molecule has 1 amide bonds. The van der Waals surface area contributed by atoms with Crippen LogP contribution in [0.1, 0.15) is 23.2 Å². The summed E-state index contributed by atoms with van der Waals surface area (Å²) in [5.41, 5.74) is 6.53. The minimum Gasteiger partial charge on any atom is -0.496 e. The number of carbonyl (C=O) groups excluding carboxylic acids is 1. The van der Waals surface area contributed by atoms with Crippen LogP contribution in [0.3, 0.4) is 0 Å². The average molecular weight is 423 g/mol. The molecule has 0 saturated carbocycles. The molecule has 10 heteroatoms. The molecule has 158 valence electrons. The van der Waals surface area contributed by atoms with Gasteiger partial charge in [-0.05, 0) is 18.9 Å². The van der Waals surface area contributed by atoms with Gasteiger partial charge in [0.05, 0.1) is 41.7 Å². The van der Waals surface area contributed by atoms with Crippen LogP contribution in [-0.2, 0) is 11.3 Å². The minimum absolute atomic E-state index is 0.0971. The molecule has 0 unspecified atom stereocenters. The SMILES string of the molecule is COc1cc(N)c(Cl)cc1C(=O)N[C@H]1CCN(CCCn2ccnn2)C[C@H]1OC. The average Bonchev–Trinajstić information content (AvgIpc) is 3.24. The van der Waals surface area contributed by atoms with Crippen LogP contribution in [0, 0.1) is 0 Å². The predicted octanol–water partition coefficient (Wildman–Crippen LogP) is 1.43. The Labute approximate surface area is 175 Å². The molecular formula is C19H27ClN6O3. The highest BCUT2D eigenvalue weighted by atomic mass is 35.5. The molecule has 1 fully saturated rings. The van der Waals surface area contributed by atoms with E-state index < -0.39 is 0 Å². The zero-order valence-electron chi connectivity index (χ0n) is 16.7. The second-order valence-corrected chi connectivity index (χ2v) is 7.44. The molecule has 1 aromatic heterocycles. The van der Waals surface area contributed by atoms with Crippen molar-refractivity contribution in [2.75, 3.05) is 39.6 Å². The Balaban J connectivity index is 1.56. The third-order valence-electron chi connectivity index (χ3n) is 5.16. The number of anilines is 1. The number of aryl methyl sites for hydroxylation is 1. The van der Waals surface area contributed by atoms with E-state index in [0.29, 0.717) is 22.0 Å². The van der Waals surface area contributed by atoms with Gasteiger partial charge in [-0.25, -0.2) is 0 Å². The van der Waals surface area contributed by atoms with Gasteiger partial charge in [-0.15, -0.1) is 5.10 Å². The summed E-state index contributed by atoms with van der Waals surface area (Å²) in [5, 5.41) is 11.2. The lowest BCUT2D eigenvalue weighted by molar-refractivity contribution is 0.00578. The number of rotatable bonds is 8. The van der Waals surface area contributed by atoms with E-state index in [-0.39, 0.29) is 18.1 Å². The Bertz CT molecular complexity index is 817. The summed E-state index contributed by atoms with van der Waals surface area (Å²) in [6, 6.07) is 3.00. The van der Waals surface area contributed by atoms with E-state index >= 15 is 0 Å². The Morgan fingerprint density at radius 1 is 1.38 bits per heavy atom. The number of hydrogen-bond donors (Lipinski definition) is 2. The first kappa shape index (κ1) is 21.4. The van der Waals surface area contributed by atoms with E-state index in [1.807, 2.05) is 10.9 Å². The maximum Gasteiger partial charge on any atom is 0.255 e. The fourth-order valence-electron chi connectivity index (χ4n) is 3.56. The lowest BCUT2D eigenvalue weighted by Crippen LogP contribution is -2.55. The zero-order chi connectivity index (χ0) is 20.8. The molecule has 0 bridgehead atoms. The molecule has 0 radical (unpaired) electrons. The third kappa shape index (κ3) is 5.37. The monoisotopic (exact) mass is 422 g/mol. The second-order valence-electron chi connectivity index (χ2n) is 7.04. The van der Waals surface area contributed by atoms with Crippen molar-refractivity contribution in [2.24, 2.45) is 0 Å². The highest BCUT2D eigenvalue weighted by Gasteiger charge is 2.31. The fraction of sp³-hybridized carbons (Fsp3) is 0.526. The molecule has 9 nitrogen and oxygen atoms in total. The van der Waals surface area contributed by atoms with Crippen molar-refractivity contribution in [3.05, 3.63) is 35.1 Å². The van der Waals surface area contributed by atoms with Crippen molar-refractivity contribution in [1.29, 1.82) is 0 Å². The molecule has 0 spiro atoms. The maximum absolute atomic E-state index is 12.8. The number of likely N-dealkylation sites (tertiary alicyclic amines) is 1. The molecular weight excluding hydrogens is 396 g/mol. The molecule has 2 aromatic rings. The van der Waals surface area contributed by atoms with Gasteiger partial charge in [-0.3, -0.25) is 9.48 Å². The quantitative estimate of drug-likeness (QED) is 0.619. The minimum atomic E-state index is -0.254. The number of benzene rings is 1. The predicted molar refractivity (Wildman–Crippen MR) is 110 cm³/mol. The van der Waals surface area contributed by atoms with E-state index in [9.17, 15) is 4.79 Å². The molecule has 2 heterocycles. The number of halogens is 1. The summed E-state index contributed by atoms with van der Waals surface area (Å²) in [5.74, 6) is 0.138. The van der Waals surface area contributed by atoms with E-state index in [1.165, 1.54) is 13.2 Å². The summed E-state index contributed by atoms with van der Waals surface area (Å²) in [4.78, 5) is 15.2. The number of nitrogens with one attached hydrogen (secondary N) is 1. The van der Waals surface area contributed by atoms with E-state index in [0.717, 1.165) is 39.0 Å². The number of methoxy groups -OCH3 is 2. The number of piperidine rings is 1. The van der Waals surface area contributed by atoms with Gasteiger partial charge in [0.15, 0.2) is 0 Å². The molecule has 29 heavy (non-hydrogen) atoms. The first-order valence-corrected chi connectivity index (χ1v) is 9.92. The van der Waals surface area contributed by atoms with Gasteiger partial charge in [-0.2, -0.15) is 0 Å². The van der Waals surface area contributed by atoms with Crippen molar-refractivity contribution < 1.29 is 14.3 Å². The van der Waals surface area contributed by atoms with Gasteiger partial charge in [0, 0.05) is 45.6 Å². The first-order chi connectivity index (χ1) is 14.0. The van der Waals surface area contributed by atoms with Crippen LogP contribution >= 0.6 is 11.6 Å². The molecule has 0 aliphatic carbocycles. The topological polar surface area (TPSA) is 108 Å². The zero-order valence-corrected chi connectivity index (χ0v) is 17.4. The van der Waals surface area contributed by atoms with Crippen LogP contribution in [0.2, 0.25) is 5.02 Å². The lowest BCUT2D eigenvalue weighted by atomic mass is 10.0. The Morgan fingerprint density at radius 2 is 2.21 bits per heavy atom. The first-order valence-electron chi connectivity index (χ1n) is 9.55. The smallest absolute Gasteiger partial charge is 0.255 e.